The van der Waals surface area contributed by atoms with Crippen molar-refractivity contribution in [2.45, 2.75) is 45.1 Å². The number of thiazole rings is 1. The van der Waals surface area contributed by atoms with E-state index in [1.165, 1.54) is 0 Å². The molecular weight excluding hydrogens is 254 g/mol. The van der Waals surface area contributed by atoms with Crippen molar-refractivity contribution in [3.63, 3.8) is 0 Å². The highest BCUT2D eigenvalue weighted by molar-refractivity contribution is 7.09. The van der Waals surface area contributed by atoms with Gasteiger partial charge in [0.15, 0.2) is 0 Å². The van der Waals surface area contributed by atoms with Crippen LogP contribution in [0.4, 0.5) is 0 Å². The van der Waals surface area contributed by atoms with E-state index in [-0.39, 0.29) is 11.5 Å². The molecule has 4 heteroatoms. The number of hydrogen-bond donors (Lipinski definition) is 1. The van der Waals surface area contributed by atoms with Gasteiger partial charge in [-0.25, -0.2) is 4.98 Å². The summed E-state index contributed by atoms with van der Waals surface area (Å²) in [5.41, 5.74) is 8.49. The molecule has 0 saturated heterocycles. The molecular formula is C15H21N3S. The molecule has 0 bridgehead atoms. The highest BCUT2D eigenvalue weighted by atomic mass is 32.1. The molecule has 0 aliphatic rings. The van der Waals surface area contributed by atoms with E-state index in [2.05, 4.69) is 36.1 Å². The number of pyridine rings is 1. The third kappa shape index (κ3) is 4.11. The minimum Gasteiger partial charge on any atom is -0.327 e. The fourth-order valence-corrected chi connectivity index (χ4v) is 2.95. The molecule has 102 valence electrons. The van der Waals surface area contributed by atoms with Crippen LogP contribution in [-0.2, 0) is 18.3 Å². The summed E-state index contributed by atoms with van der Waals surface area (Å²) >= 11 is 1.70. The van der Waals surface area contributed by atoms with Gasteiger partial charge in [-0.1, -0.05) is 26.8 Å². The van der Waals surface area contributed by atoms with Gasteiger partial charge in [0, 0.05) is 41.6 Å². The Labute approximate surface area is 118 Å². The third-order valence-electron chi connectivity index (χ3n) is 2.95. The molecule has 0 aliphatic carbocycles. The molecule has 19 heavy (non-hydrogen) atoms. The summed E-state index contributed by atoms with van der Waals surface area (Å²) in [6.07, 6.45) is 3.42. The molecule has 1 atom stereocenters. The highest BCUT2D eigenvalue weighted by Crippen LogP contribution is 2.24. The lowest BCUT2D eigenvalue weighted by Crippen LogP contribution is -2.26. The zero-order valence-electron chi connectivity index (χ0n) is 11.8. The first-order chi connectivity index (χ1) is 8.95. The van der Waals surface area contributed by atoms with Gasteiger partial charge in [0.1, 0.15) is 0 Å². The van der Waals surface area contributed by atoms with Crippen molar-refractivity contribution < 1.29 is 0 Å². The molecule has 2 aromatic rings. The molecule has 2 heterocycles. The van der Waals surface area contributed by atoms with Crippen molar-refractivity contribution in [1.82, 2.24) is 9.97 Å². The lowest BCUT2D eigenvalue weighted by molar-refractivity contribution is 0.567. The fourth-order valence-electron chi connectivity index (χ4n) is 1.83. The van der Waals surface area contributed by atoms with E-state index >= 15 is 0 Å². The van der Waals surface area contributed by atoms with E-state index in [0.717, 1.165) is 29.2 Å². The van der Waals surface area contributed by atoms with E-state index in [1.54, 1.807) is 11.3 Å². The molecule has 3 nitrogen and oxygen atoms in total. The van der Waals surface area contributed by atoms with Crippen LogP contribution in [0.25, 0.3) is 0 Å². The highest BCUT2D eigenvalue weighted by Gasteiger charge is 2.18. The molecule has 0 fully saturated rings. The molecule has 2 aromatic heterocycles. The molecule has 2 rings (SSSR count). The first-order valence-electron chi connectivity index (χ1n) is 6.55. The van der Waals surface area contributed by atoms with Crippen LogP contribution < -0.4 is 5.73 Å². The Bertz CT molecular complexity index is 514. The average molecular weight is 275 g/mol. The van der Waals surface area contributed by atoms with Gasteiger partial charge < -0.3 is 5.73 Å². The molecule has 0 aliphatic heterocycles. The molecule has 0 spiro atoms. The van der Waals surface area contributed by atoms with E-state index in [4.69, 9.17) is 5.73 Å². The van der Waals surface area contributed by atoms with E-state index in [1.807, 2.05) is 24.4 Å². The van der Waals surface area contributed by atoms with Gasteiger partial charge in [-0.3, -0.25) is 4.98 Å². The maximum atomic E-state index is 6.18. The number of hydrogen-bond acceptors (Lipinski definition) is 4. The van der Waals surface area contributed by atoms with E-state index < -0.39 is 0 Å². The van der Waals surface area contributed by atoms with Gasteiger partial charge in [0.25, 0.3) is 0 Å². The summed E-state index contributed by atoms with van der Waals surface area (Å²) < 4.78 is 0. The van der Waals surface area contributed by atoms with Gasteiger partial charge in [-0.2, -0.15) is 0 Å². The maximum Gasteiger partial charge on any atom is 0.0944 e. The third-order valence-corrected chi connectivity index (χ3v) is 3.83. The topological polar surface area (TPSA) is 51.8 Å². The van der Waals surface area contributed by atoms with Crippen molar-refractivity contribution in [3.05, 3.63) is 46.2 Å². The molecule has 1 unspecified atom stereocenters. The average Bonchev–Trinajstić information content (AvgIpc) is 2.78. The Kier molecular flexibility index (Phi) is 4.32. The second kappa shape index (κ2) is 5.80. The Balaban J connectivity index is 1.96. The van der Waals surface area contributed by atoms with Crippen LogP contribution in [0, 0.1) is 0 Å². The number of rotatable bonds is 4. The van der Waals surface area contributed by atoms with Gasteiger partial charge in [0.05, 0.1) is 10.7 Å². The van der Waals surface area contributed by atoms with Gasteiger partial charge >= 0.3 is 0 Å². The Morgan fingerprint density at radius 1 is 1.26 bits per heavy atom. The zero-order valence-corrected chi connectivity index (χ0v) is 12.6. The van der Waals surface area contributed by atoms with Crippen molar-refractivity contribution >= 4 is 11.3 Å². The van der Waals surface area contributed by atoms with Gasteiger partial charge in [0.2, 0.25) is 0 Å². The summed E-state index contributed by atoms with van der Waals surface area (Å²) in [5.74, 6) is 0. The van der Waals surface area contributed by atoms with Gasteiger partial charge in [-0.15, -0.1) is 11.3 Å². The Morgan fingerprint density at radius 2 is 2.05 bits per heavy atom. The van der Waals surface area contributed by atoms with Crippen LogP contribution in [0.1, 0.15) is 37.2 Å². The van der Waals surface area contributed by atoms with Crippen LogP contribution in [0.2, 0.25) is 0 Å². The lowest BCUT2D eigenvalue weighted by atomic mass is 9.93. The van der Waals surface area contributed by atoms with E-state index in [0.29, 0.717) is 0 Å². The first-order valence-corrected chi connectivity index (χ1v) is 7.43. The molecule has 0 saturated carbocycles. The second-order valence-corrected chi connectivity index (χ2v) is 6.81. The summed E-state index contributed by atoms with van der Waals surface area (Å²) in [6, 6.07) is 6.01. The normalized spacial score (nSPS) is 13.5. The Morgan fingerprint density at radius 3 is 2.63 bits per heavy atom. The van der Waals surface area contributed by atoms with E-state index in [9.17, 15) is 0 Å². The summed E-state index contributed by atoms with van der Waals surface area (Å²) in [5, 5.41) is 3.26. The molecule has 0 aromatic carbocycles. The number of nitrogens with two attached hydrogens (primary N) is 1. The SMILES string of the molecule is CC(C)(C)c1csc(CC(N)Cc2ccccn2)n1. The quantitative estimate of drug-likeness (QED) is 0.933. The van der Waals surface area contributed by atoms with Crippen LogP contribution in [0.15, 0.2) is 29.8 Å². The van der Waals surface area contributed by atoms with Crippen LogP contribution >= 0.6 is 11.3 Å². The monoisotopic (exact) mass is 275 g/mol. The smallest absolute Gasteiger partial charge is 0.0944 e. The predicted molar refractivity (Wildman–Crippen MR) is 80.4 cm³/mol. The minimum atomic E-state index is 0.0777. The van der Waals surface area contributed by atoms with Crippen molar-refractivity contribution in [3.8, 4) is 0 Å². The van der Waals surface area contributed by atoms with Crippen molar-refractivity contribution in [1.29, 1.82) is 0 Å². The largest absolute Gasteiger partial charge is 0.327 e. The van der Waals surface area contributed by atoms with Crippen LogP contribution in [-0.4, -0.2) is 16.0 Å². The fraction of sp³-hybridized carbons (Fsp3) is 0.467. The summed E-state index contributed by atoms with van der Waals surface area (Å²) in [4.78, 5) is 8.99. The number of aromatic nitrogens is 2. The first kappa shape index (κ1) is 14.2. The van der Waals surface area contributed by atoms with Crippen LogP contribution in [0.5, 0.6) is 0 Å². The minimum absolute atomic E-state index is 0.0777. The Hall–Kier alpha value is -1.26. The molecule has 2 N–H and O–H groups in total. The van der Waals surface area contributed by atoms with Gasteiger partial charge in [-0.05, 0) is 12.1 Å². The summed E-state index contributed by atoms with van der Waals surface area (Å²) in [6.45, 7) is 6.54. The second-order valence-electron chi connectivity index (χ2n) is 5.87. The summed E-state index contributed by atoms with van der Waals surface area (Å²) in [7, 11) is 0. The lowest BCUT2D eigenvalue weighted by Gasteiger charge is -2.14. The molecule has 0 radical (unpaired) electrons. The van der Waals surface area contributed by atoms with Crippen molar-refractivity contribution in [2.75, 3.05) is 0 Å². The standard InChI is InChI=1S/C15H21N3S/c1-15(2,3)13-10-19-14(18-13)9-11(16)8-12-6-4-5-7-17-12/h4-7,10-11H,8-9,16H2,1-3H3. The van der Waals surface area contributed by atoms with Crippen LogP contribution in [0.3, 0.4) is 0 Å². The predicted octanol–water partition coefficient (Wildman–Crippen LogP) is 2.95. The zero-order chi connectivity index (χ0) is 13.9. The molecule has 0 amide bonds. The number of nitrogens with zero attached hydrogens (tertiary/aromatic N) is 2. The van der Waals surface area contributed by atoms with Crippen molar-refractivity contribution in [2.24, 2.45) is 5.73 Å². The maximum absolute atomic E-state index is 6.18.